The summed E-state index contributed by atoms with van der Waals surface area (Å²) in [6, 6.07) is 5.73. The van der Waals surface area contributed by atoms with Gasteiger partial charge in [-0.1, -0.05) is 12.1 Å². The molecule has 1 rings (SSSR count). The minimum Gasteiger partial charge on any atom is -0.497 e. The molecule has 0 saturated heterocycles. The first-order valence-corrected chi connectivity index (χ1v) is 4.98. The van der Waals surface area contributed by atoms with Gasteiger partial charge in [-0.2, -0.15) is 0 Å². The van der Waals surface area contributed by atoms with Crippen LogP contribution in [0, 0.1) is 3.57 Å². The quantitative estimate of drug-likeness (QED) is 0.685. The van der Waals surface area contributed by atoms with Crippen molar-refractivity contribution in [1.82, 2.24) is 0 Å². The molecule has 70 valence electrons. The van der Waals surface area contributed by atoms with Gasteiger partial charge in [-0.3, -0.25) is 0 Å². The molecular formula is C10H12INO. The number of nitrogens with two attached hydrogens (primary N) is 1. The van der Waals surface area contributed by atoms with Crippen molar-refractivity contribution in [2.75, 3.05) is 7.11 Å². The van der Waals surface area contributed by atoms with Gasteiger partial charge in [-0.15, -0.1) is 6.58 Å². The summed E-state index contributed by atoms with van der Waals surface area (Å²) in [7, 11) is 1.65. The van der Waals surface area contributed by atoms with Gasteiger partial charge in [-0.05, 0) is 40.3 Å². The molecule has 1 aromatic carbocycles. The molecule has 0 saturated carbocycles. The van der Waals surface area contributed by atoms with E-state index in [0.717, 1.165) is 14.9 Å². The minimum atomic E-state index is -0.0993. The predicted octanol–water partition coefficient (Wildman–Crippen LogP) is 2.49. The Balaban J connectivity index is 3.04. The largest absolute Gasteiger partial charge is 0.497 e. The molecule has 1 atom stereocenters. The van der Waals surface area contributed by atoms with E-state index in [1.54, 1.807) is 13.2 Å². The van der Waals surface area contributed by atoms with E-state index >= 15 is 0 Å². The predicted molar refractivity (Wildman–Crippen MR) is 62.8 cm³/mol. The van der Waals surface area contributed by atoms with E-state index in [0.29, 0.717) is 0 Å². The molecule has 0 fully saturated rings. The third-order valence-corrected chi connectivity index (χ3v) is 2.75. The third kappa shape index (κ3) is 2.45. The van der Waals surface area contributed by atoms with Gasteiger partial charge in [0, 0.05) is 9.61 Å². The lowest BCUT2D eigenvalue weighted by atomic mass is 10.1. The molecule has 0 aliphatic carbocycles. The highest BCUT2D eigenvalue weighted by atomic mass is 127. The summed E-state index contributed by atoms with van der Waals surface area (Å²) >= 11 is 2.24. The first kappa shape index (κ1) is 10.5. The number of hydrogen-bond donors (Lipinski definition) is 1. The van der Waals surface area contributed by atoms with E-state index in [1.807, 2.05) is 18.2 Å². The third-order valence-electron chi connectivity index (χ3n) is 1.82. The van der Waals surface area contributed by atoms with E-state index in [4.69, 9.17) is 10.5 Å². The van der Waals surface area contributed by atoms with Crippen molar-refractivity contribution in [3.05, 3.63) is 40.0 Å². The first-order chi connectivity index (χ1) is 6.19. The summed E-state index contributed by atoms with van der Waals surface area (Å²) in [6.45, 7) is 3.66. The van der Waals surface area contributed by atoms with Crippen LogP contribution in [0.25, 0.3) is 0 Å². The lowest BCUT2D eigenvalue weighted by Crippen LogP contribution is -2.08. The van der Waals surface area contributed by atoms with Crippen molar-refractivity contribution in [3.8, 4) is 5.75 Å². The monoisotopic (exact) mass is 289 g/mol. The molecule has 0 bridgehead atoms. The van der Waals surface area contributed by atoms with Crippen molar-refractivity contribution in [2.45, 2.75) is 6.04 Å². The standard InChI is InChI=1S/C10H12INO/c1-3-10(12)8-5-4-7(13-2)6-9(8)11/h3-6,10H,1,12H2,2H3/t10-/m1/s1. The molecular weight excluding hydrogens is 277 g/mol. The van der Waals surface area contributed by atoms with Crippen LogP contribution in [0.2, 0.25) is 0 Å². The number of rotatable bonds is 3. The maximum absolute atomic E-state index is 5.82. The van der Waals surface area contributed by atoms with Crippen LogP contribution in [-0.2, 0) is 0 Å². The molecule has 0 aromatic heterocycles. The Morgan fingerprint density at radius 1 is 1.62 bits per heavy atom. The van der Waals surface area contributed by atoms with Crippen LogP contribution in [0.15, 0.2) is 30.9 Å². The zero-order valence-electron chi connectivity index (χ0n) is 7.46. The summed E-state index contributed by atoms with van der Waals surface area (Å²) in [5, 5.41) is 0. The van der Waals surface area contributed by atoms with Crippen LogP contribution < -0.4 is 10.5 Å². The van der Waals surface area contributed by atoms with Crippen molar-refractivity contribution in [1.29, 1.82) is 0 Å². The molecule has 13 heavy (non-hydrogen) atoms. The normalized spacial score (nSPS) is 12.2. The number of hydrogen-bond acceptors (Lipinski definition) is 2. The molecule has 0 aliphatic heterocycles. The molecule has 0 amide bonds. The molecule has 1 aromatic rings. The van der Waals surface area contributed by atoms with Crippen molar-refractivity contribution in [3.63, 3.8) is 0 Å². The molecule has 0 unspecified atom stereocenters. The van der Waals surface area contributed by atoms with E-state index in [9.17, 15) is 0 Å². The highest BCUT2D eigenvalue weighted by molar-refractivity contribution is 14.1. The van der Waals surface area contributed by atoms with Gasteiger partial charge >= 0.3 is 0 Å². The van der Waals surface area contributed by atoms with E-state index in [-0.39, 0.29) is 6.04 Å². The van der Waals surface area contributed by atoms with Crippen molar-refractivity contribution < 1.29 is 4.74 Å². The Hall–Kier alpha value is -0.550. The second kappa shape index (κ2) is 4.62. The van der Waals surface area contributed by atoms with Gasteiger partial charge in [0.1, 0.15) is 5.75 Å². The maximum Gasteiger partial charge on any atom is 0.119 e. The van der Waals surface area contributed by atoms with Crippen LogP contribution >= 0.6 is 22.6 Å². The van der Waals surface area contributed by atoms with Crippen molar-refractivity contribution in [2.24, 2.45) is 5.73 Å². The highest BCUT2D eigenvalue weighted by Crippen LogP contribution is 2.23. The van der Waals surface area contributed by atoms with Gasteiger partial charge in [0.05, 0.1) is 7.11 Å². The van der Waals surface area contributed by atoms with Crippen LogP contribution in [0.5, 0.6) is 5.75 Å². The van der Waals surface area contributed by atoms with Crippen LogP contribution in [0.1, 0.15) is 11.6 Å². The number of ether oxygens (including phenoxy) is 1. The van der Waals surface area contributed by atoms with E-state index < -0.39 is 0 Å². The molecule has 0 aliphatic rings. The fraction of sp³-hybridized carbons (Fsp3) is 0.200. The maximum atomic E-state index is 5.82. The average Bonchev–Trinajstić information content (AvgIpc) is 2.16. The summed E-state index contributed by atoms with van der Waals surface area (Å²) in [5.74, 6) is 0.851. The van der Waals surface area contributed by atoms with Crippen molar-refractivity contribution >= 4 is 22.6 Å². The molecule has 0 spiro atoms. The number of halogens is 1. The second-order valence-electron chi connectivity index (χ2n) is 2.65. The van der Waals surface area contributed by atoms with Crippen LogP contribution in [0.4, 0.5) is 0 Å². The summed E-state index contributed by atoms with van der Waals surface area (Å²) < 4.78 is 6.19. The fourth-order valence-electron chi connectivity index (χ4n) is 1.03. The zero-order valence-corrected chi connectivity index (χ0v) is 9.61. The Morgan fingerprint density at radius 2 is 2.31 bits per heavy atom. The van der Waals surface area contributed by atoms with Gasteiger partial charge in [0.2, 0.25) is 0 Å². The molecule has 2 nitrogen and oxygen atoms in total. The molecule has 3 heteroatoms. The molecule has 0 radical (unpaired) electrons. The smallest absolute Gasteiger partial charge is 0.119 e. The van der Waals surface area contributed by atoms with E-state index in [1.165, 1.54) is 0 Å². The Kier molecular flexibility index (Phi) is 3.74. The van der Waals surface area contributed by atoms with Gasteiger partial charge in [0.15, 0.2) is 0 Å². The fourth-order valence-corrected chi connectivity index (χ4v) is 1.88. The lowest BCUT2D eigenvalue weighted by Gasteiger charge is -2.10. The number of methoxy groups -OCH3 is 1. The van der Waals surface area contributed by atoms with Gasteiger partial charge < -0.3 is 10.5 Å². The Labute approximate surface area is 91.9 Å². The zero-order chi connectivity index (χ0) is 9.84. The van der Waals surface area contributed by atoms with Gasteiger partial charge in [-0.25, -0.2) is 0 Å². The molecule has 0 heterocycles. The van der Waals surface area contributed by atoms with Gasteiger partial charge in [0.25, 0.3) is 0 Å². The number of benzene rings is 1. The molecule has 2 N–H and O–H groups in total. The summed E-state index contributed by atoms with van der Waals surface area (Å²) in [4.78, 5) is 0. The second-order valence-corrected chi connectivity index (χ2v) is 3.81. The van der Waals surface area contributed by atoms with Crippen LogP contribution in [-0.4, -0.2) is 7.11 Å². The van der Waals surface area contributed by atoms with E-state index in [2.05, 4.69) is 29.2 Å². The average molecular weight is 289 g/mol. The lowest BCUT2D eigenvalue weighted by molar-refractivity contribution is 0.414. The highest BCUT2D eigenvalue weighted by Gasteiger charge is 2.06. The SMILES string of the molecule is C=C[C@@H](N)c1ccc(OC)cc1I. The minimum absolute atomic E-state index is 0.0993. The Bertz CT molecular complexity index is 312. The summed E-state index contributed by atoms with van der Waals surface area (Å²) in [6.07, 6.45) is 1.73. The first-order valence-electron chi connectivity index (χ1n) is 3.90. The summed E-state index contributed by atoms with van der Waals surface area (Å²) in [5.41, 5.74) is 6.90. The topological polar surface area (TPSA) is 35.2 Å². The Morgan fingerprint density at radius 3 is 2.77 bits per heavy atom. The van der Waals surface area contributed by atoms with Crippen LogP contribution in [0.3, 0.4) is 0 Å².